The maximum absolute atomic E-state index is 9.22. The molecule has 2 N–H and O–H groups in total. The fourth-order valence-electron chi connectivity index (χ4n) is 0.959. The fraction of sp³-hybridized carbons (Fsp3) is 0.231. The van der Waals surface area contributed by atoms with Gasteiger partial charge in [0, 0.05) is 0 Å². The monoisotopic (exact) mass is 206 g/mol. The Hall–Kier alpha value is -1.70. The van der Waals surface area contributed by atoms with Crippen molar-refractivity contribution in [2.24, 2.45) is 0 Å². The molecule has 0 unspecified atom stereocenters. The minimum Gasteiger partial charge on any atom is -0.508 e. The Balaban J connectivity index is 0.000000921. The van der Waals surface area contributed by atoms with Crippen molar-refractivity contribution < 1.29 is 10.2 Å². The summed E-state index contributed by atoms with van der Waals surface area (Å²) in [5.41, 5.74) is 0. The number of rotatable bonds is 1. The van der Waals surface area contributed by atoms with Gasteiger partial charge in [-0.1, -0.05) is 26.5 Å². The Kier molecular flexibility index (Phi) is 5.95. The first-order valence-electron chi connectivity index (χ1n) is 4.98. The van der Waals surface area contributed by atoms with Crippen LogP contribution >= 0.6 is 0 Å². The number of hydrogen-bond donors (Lipinski definition) is 2. The number of aliphatic hydroxyl groups is 1. The quantitative estimate of drug-likeness (QED) is 0.691. The molecule has 82 valence electrons. The van der Waals surface area contributed by atoms with E-state index in [1.54, 1.807) is 37.3 Å². The molecule has 0 saturated carbocycles. The van der Waals surface area contributed by atoms with Crippen LogP contribution in [0.25, 0.3) is 12.7 Å². The minimum absolute atomic E-state index is 0.163. The zero-order valence-corrected chi connectivity index (χ0v) is 9.49. The van der Waals surface area contributed by atoms with Gasteiger partial charge in [-0.15, -0.1) is 0 Å². The number of aliphatic hydroxyl groups excluding tert-OH is 1. The fourth-order valence-corrected chi connectivity index (χ4v) is 0.959. The highest BCUT2D eigenvalue weighted by Gasteiger charge is 1.88. The molecule has 0 radical (unpaired) electrons. The van der Waals surface area contributed by atoms with Crippen LogP contribution < -0.4 is 10.4 Å². The standard InChI is InChI=1S/C11H12O2.C2H6/c1-3-10(12)6-9-7-11(13)5-4-8(9)2;1-2/h3-7,12-13H,2H2,1H3;1-2H3/b9-6-,10-3+;. The van der Waals surface area contributed by atoms with Crippen LogP contribution in [0, 0.1) is 0 Å². The lowest BCUT2D eigenvalue weighted by atomic mass is 10.2. The van der Waals surface area contributed by atoms with Gasteiger partial charge in [0.15, 0.2) is 0 Å². The van der Waals surface area contributed by atoms with Crippen molar-refractivity contribution in [3.63, 3.8) is 0 Å². The van der Waals surface area contributed by atoms with Gasteiger partial charge in [-0.3, -0.25) is 0 Å². The summed E-state index contributed by atoms with van der Waals surface area (Å²) in [4.78, 5) is 0. The summed E-state index contributed by atoms with van der Waals surface area (Å²) in [6.45, 7) is 9.50. The van der Waals surface area contributed by atoms with Gasteiger partial charge >= 0.3 is 0 Å². The van der Waals surface area contributed by atoms with Crippen LogP contribution in [0.5, 0.6) is 5.75 Å². The molecular formula is C13H18O2. The van der Waals surface area contributed by atoms with E-state index in [-0.39, 0.29) is 11.5 Å². The molecule has 1 aromatic rings. The van der Waals surface area contributed by atoms with Crippen LogP contribution in [0.3, 0.4) is 0 Å². The van der Waals surface area contributed by atoms with E-state index < -0.39 is 0 Å². The third-order valence-corrected chi connectivity index (χ3v) is 1.73. The summed E-state index contributed by atoms with van der Waals surface area (Å²) in [5, 5.41) is 19.9. The average molecular weight is 206 g/mol. The molecule has 0 aliphatic rings. The van der Waals surface area contributed by atoms with Gasteiger partial charge in [-0.25, -0.2) is 0 Å². The Labute approximate surface area is 90.5 Å². The molecule has 0 aliphatic heterocycles. The Morgan fingerprint density at radius 2 is 1.93 bits per heavy atom. The number of allylic oxidation sites excluding steroid dienone is 2. The Bertz CT molecular complexity index is 430. The zero-order valence-electron chi connectivity index (χ0n) is 9.49. The largest absolute Gasteiger partial charge is 0.508 e. The molecule has 0 fully saturated rings. The second kappa shape index (κ2) is 6.71. The van der Waals surface area contributed by atoms with E-state index in [0.717, 1.165) is 10.4 Å². The van der Waals surface area contributed by atoms with Crippen LogP contribution in [0.1, 0.15) is 20.8 Å². The maximum Gasteiger partial charge on any atom is 0.116 e. The molecule has 15 heavy (non-hydrogen) atoms. The van der Waals surface area contributed by atoms with Crippen molar-refractivity contribution in [2.45, 2.75) is 20.8 Å². The average Bonchev–Trinajstić information content (AvgIpc) is 2.26. The first-order valence-corrected chi connectivity index (χ1v) is 4.98. The molecule has 2 nitrogen and oxygen atoms in total. The molecule has 0 bridgehead atoms. The Morgan fingerprint density at radius 3 is 2.47 bits per heavy atom. The second-order valence-corrected chi connectivity index (χ2v) is 2.74. The number of phenolic OH excluding ortho intramolecular Hbond substituents is 1. The van der Waals surface area contributed by atoms with E-state index in [0.29, 0.717) is 0 Å². The van der Waals surface area contributed by atoms with E-state index >= 15 is 0 Å². The van der Waals surface area contributed by atoms with Gasteiger partial charge in [0.2, 0.25) is 0 Å². The molecule has 1 rings (SSSR count). The second-order valence-electron chi connectivity index (χ2n) is 2.74. The number of hydrogen-bond acceptors (Lipinski definition) is 2. The van der Waals surface area contributed by atoms with Crippen molar-refractivity contribution in [3.05, 3.63) is 40.5 Å². The SMILES string of the molecule is C=c1ccc(O)c/c1=C/C(O)=C\C.CC. The molecule has 0 saturated heterocycles. The lowest BCUT2D eigenvalue weighted by Crippen LogP contribution is -2.22. The van der Waals surface area contributed by atoms with E-state index in [1.807, 2.05) is 13.8 Å². The van der Waals surface area contributed by atoms with Crippen LogP contribution in [-0.4, -0.2) is 10.2 Å². The lowest BCUT2D eigenvalue weighted by molar-refractivity contribution is 0.440. The predicted octanol–water partition coefficient (Wildman–Crippen LogP) is 2.07. The molecule has 2 heteroatoms. The topological polar surface area (TPSA) is 40.5 Å². The number of benzene rings is 1. The normalized spacial score (nSPS) is 11.9. The highest BCUT2D eigenvalue weighted by Crippen LogP contribution is 1.98. The van der Waals surface area contributed by atoms with Crippen LogP contribution in [-0.2, 0) is 0 Å². The molecule has 0 heterocycles. The van der Waals surface area contributed by atoms with Gasteiger partial charge in [-0.05, 0) is 41.6 Å². The third-order valence-electron chi connectivity index (χ3n) is 1.73. The van der Waals surface area contributed by atoms with Gasteiger partial charge in [-0.2, -0.15) is 0 Å². The van der Waals surface area contributed by atoms with Crippen molar-refractivity contribution in [3.8, 4) is 5.75 Å². The lowest BCUT2D eigenvalue weighted by Gasteiger charge is -1.92. The minimum atomic E-state index is 0.163. The molecule has 0 amide bonds. The van der Waals surface area contributed by atoms with Crippen LogP contribution in [0.4, 0.5) is 0 Å². The van der Waals surface area contributed by atoms with E-state index in [9.17, 15) is 10.2 Å². The number of aromatic hydroxyl groups is 1. The third kappa shape index (κ3) is 4.36. The van der Waals surface area contributed by atoms with E-state index in [4.69, 9.17) is 0 Å². The van der Waals surface area contributed by atoms with Gasteiger partial charge in [0.1, 0.15) is 11.5 Å². The van der Waals surface area contributed by atoms with E-state index in [2.05, 4.69) is 6.58 Å². The summed E-state index contributed by atoms with van der Waals surface area (Å²) in [7, 11) is 0. The van der Waals surface area contributed by atoms with Crippen molar-refractivity contribution in [1.29, 1.82) is 0 Å². The summed E-state index contributed by atoms with van der Waals surface area (Å²) in [5.74, 6) is 0.332. The van der Waals surface area contributed by atoms with Crippen molar-refractivity contribution in [2.75, 3.05) is 0 Å². The highest BCUT2D eigenvalue weighted by molar-refractivity contribution is 5.43. The number of phenols is 1. The molecule has 0 aliphatic carbocycles. The van der Waals surface area contributed by atoms with Gasteiger partial charge in [0.05, 0.1) is 0 Å². The zero-order chi connectivity index (χ0) is 11.8. The van der Waals surface area contributed by atoms with Crippen LogP contribution in [0.15, 0.2) is 30.0 Å². The molecule has 0 atom stereocenters. The Morgan fingerprint density at radius 1 is 1.33 bits per heavy atom. The summed E-state index contributed by atoms with van der Waals surface area (Å²) < 4.78 is 0. The first-order chi connectivity index (χ1) is 7.13. The smallest absolute Gasteiger partial charge is 0.116 e. The molecule has 0 aromatic heterocycles. The summed E-state index contributed by atoms with van der Waals surface area (Å²) >= 11 is 0. The maximum atomic E-state index is 9.22. The molecular weight excluding hydrogens is 188 g/mol. The summed E-state index contributed by atoms with van der Waals surface area (Å²) in [6.07, 6.45) is 3.13. The van der Waals surface area contributed by atoms with Crippen molar-refractivity contribution in [1.82, 2.24) is 0 Å². The highest BCUT2D eigenvalue weighted by atomic mass is 16.3. The van der Waals surface area contributed by atoms with E-state index in [1.165, 1.54) is 0 Å². The first kappa shape index (κ1) is 13.3. The van der Waals surface area contributed by atoms with Gasteiger partial charge in [0.25, 0.3) is 0 Å². The van der Waals surface area contributed by atoms with Crippen LogP contribution in [0.2, 0.25) is 0 Å². The van der Waals surface area contributed by atoms with Gasteiger partial charge < -0.3 is 10.2 Å². The van der Waals surface area contributed by atoms with Crippen molar-refractivity contribution >= 4 is 12.7 Å². The molecule has 0 spiro atoms. The molecule has 1 aromatic carbocycles. The summed E-state index contributed by atoms with van der Waals surface area (Å²) in [6, 6.07) is 4.82. The predicted molar refractivity (Wildman–Crippen MR) is 65.1 cm³/mol.